The Morgan fingerprint density at radius 3 is 2.21 bits per heavy atom. The number of furan rings is 1. The number of unbranched alkanes of at least 4 members (excludes halogenated alkanes) is 1. The van der Waals surface area contributed by atoms with E-state index in [2.05, 4.69) is 6.92 Å². The van der Waals surface area contributed by atoms with E-state index in [0.29, 0.717) is 51.3 Å². The molecule has 192 valence electrons. The van der Waals surface area contributed by atoms with Crippen LogP contribution in [0.2, 0.25) is 0 Å². The molecule has 0 aliphatic rings. The molecule has 0 aliphatic carbocycles. The van der Waals surface area contributed by atoms with E-state index in [0.717, 1.165) is 23.8 Å². The summed E-state index contributed by atoms with van der Waals surface area (Å²) >= 11 is 0. The molecule has 0 fully saturated rings. The summed E-state index contributed by atoms with van der Waals surface area (Å²) in [6.07, 6.45) is 2.01. The van der Waals surface area contributed by atoms with Gasteiger partial charge in [-0.2, -0.15) is 0 Å². The van der Waals surface area contributed by atoms with Gasteiger partial charge in [0.2, 0.25) is 0 Å². The van der Waals surface area contributed by atoms with Crippen LogP contribution in [0.1, 0.15) is 47.4 Å². The molecule has 0 saturated carbocycles. The molecule has 1 aromatic heterocycles. The summed E-state index contributed by atoms with van der Waals surface area (Å²) in [4.78, 5) is 26.3. The summed E-state index contributed by atoms with van der Waals surface area (Å²) in [5.41, 5.74) is 1.95. The van der Waals surface area contributed by atoms with Crippen molar-refractivity contribution in [3.63, 3.8) is 0 Å². The molecule has 0 radical (unpaired) electrons. The third kappa shape index (κ3) is 4.98. The fourth-order valence-corrected chi connectivity index (χ4v) is 4.35. The van der Waals surface area contributed by atoms with Gasteiger partial charge >= 0.3 is 11.9 Å². The van der Waals surface area contributed by atoms with E-state index in [-0.39, 0.29) is 6.61 Å². The van der Waals surface area contributed by atoms with Gasteiger partial charge in [0.15, 0.2) is 0 Å². The van der Waals surface area contributed by atoms with Gasteiger partial charge in [-0.25, -0.2) is 9.59 Å². The molecule has 0 amide bonds. The summed E-state index contributed by atoms with van der Waals surface area (Å²) < 4.78 is 23.3. The highest BCUT2D eigenvalue weighted by atomic mass is 16.5. The van der Waals surface area contributed by atoms with Crippen molar-refractivity contribution in [3.05, 3.63) is 96.1 Å². The highest BCUT2D eigenvalue weighted by molar-refractivity contribution is 6.17. The molecule has 1 heterocycles. The van der Waals surface area contributed by atoms with Gasteiger partial charge in [0, 0.05) is 21.7 Å². The van der Waals surface area contributed by atoms with Crippen molar-refractivity contribution in [3.8, 4) is 22.8 Å². The topological polar surface area (TPSA) is 75.0 Å². The molecule has 0 N–H and O–H groups in total. The van der Waals surface area contributed by atoms with Crippen LogP contribution in [0.3, 0.4) is 0 Å². The number of benzene rings is 4. The first-order valence-electron chi connectivity index (χ1n) is 12.8. The maximum absolute atomic E-state index is 13.1. The molecule has 0 bridgehead atoms. The predicted octanol–water partition coefficient (Wildman–Crippen LogP) is 7.83. The number of ether oxygens (including phenoxy) is 3. The average Bonchev–Trinajstić information content (AvgIpc) is 3.34. The Hall–Kier alpha value is -4.58. The first-order chi connectivity index (χ1) is 18.6. The van der Waals surface area contributed by atoms with E-state index in [1.165, 1.54) is 0 Å². The summed E-state index contributed by atoms with van der Waals surface area (Å²) in [6.45, 7) is 4.70. The van der Waals surface area contributed by atoms with Crippen LogP contribution in [-0.4, -0.2) is 25.2 Å². The maximum atomic E-state index is 13.1. The summed E-state index contributed by atoms with van der Waals surface area (Å²) in [7, 11) is 0. The van der Waals surface area contributed by atoms with Gasteiger partial charge in [-0.15, -0.1) is 0 Å². The lowest BCUT2D eigenvalue weighted by Crippen LogP contribution is -2.09. The van der Waals surface area contributed by atoms with E-state index in [9.17, 15) is 9.59 Å². The van der Waals surface area contributed by atoms with Crippen molar-refractivity contribution in [2.75, 3.05) is 13.2 Å². The molecule has 0 spiro atoms. The lowest BCUT2D eigenvalue weighted by Gasteiger charge is -2.10. The van der Waals surface area contributed by atoms with Crippen molar-refractivity contribution in [2.45, 2.75) is 26.7 Å². The standard InChI is InChI=1S/C32H28O6/c1-3-5-19-36-23-17-15-22(16-18-23)31(33)37-27-20-26-28(32(34)35-4-2)29(21-11-7-6-8-12-21)38-30(26)25-14-10-9-13-24(25)27/h6-18,20H,3-5,19H2,1-2H3. The Morgan fingerprint density at radius 2 is 1.50 bits per heavy atom. The predicted molar refractivity (Wildman–Crippen MR) is 147 cm³/mol. The Kier molecular flexibility index (Phi) is 7.40. The van der Waals surface area contributed by atoms with Crippen LogP contribution in [0, 0.1) is 0 Å². The van der Waals surface area contributed by atoms with Crippen molar-refractivity contribution in [1.29, 1.82) is 0 Å². The molecule has 0 atom stereocenters. The minimum absolute atomic E-state index is 0.216. The number of hydrogen-bond acceptors (Lipinski definition) is 6. The normalized spacial score (nSPS) is 11.0. The first kappa shape index (κ1) is 25.1. The minimum atomic E-state index is -0.515. The van der Waals surface area contributed by atoms with Gasteiger partial charge in [0.05, 0.1) is 18.8 Å². The van der Waals surface area contributed by atoms with E-state index < -0.39 is 11.9 Å². The zero-order valence-electron chi connectivity index (χ0n) is 21.4. The van der Waals surface area contributed by atoms with Crippen LogP contribution in [-0.2, 0) is 4.74 Å². The fourth-order valence-electron chi connectivity index (χ4n) is 4.35. The van der Waals surface area contributed by atoms with E-state index in [1.54, 1.807) is 37.3 Å². The maximum Gasteiger partial charge on any atom is 0.343 e. The zero-order chi connectivity index (χ0) is 26.5. The Bertz CT molecular complexity index is 1580. The summed E-state index contributed by atoms with van der Waals surface area (Å²) in [5, 5.41) is 1.93. The van der Waals surface area contributed by atoms with Gasteiger partial charge in [-0.05, 0) is 43.7 Å². The smallest absolute Gasteiger partial charge is 0.343 e. The Morgan fingerprint density at radius 1 is 0.789 bits per heavy atom. The van der Waals surface area contributed by atoms with Crippen LogP contribution in [0.5, 0.6) is 11.5 Å². The van der Waals surface area contributed by atoms with Crippen molar-refractivity contribution in [2.24, 2.45) is 0 Å². The monoisotopic (exact) mass is 508 g/mol. The van der Waals surface area contributed by atoms with Crippen LogP contribution in [0.15, 0.2) is 89.3 Å². The quantitative estimate of drug-likeness (QED) is 0.115. The molecular weight excluding hydrogens is 480 g/mol. The van der Waals surface area contributed by atoms with Crippen LogP contribution in [0.25, 0.3) is 33.1 Å². The second-order valence-corrected chi connectivity index (χ2v) is 8.81. The lowest BCUT2D eigenvalue weighted by molar-refractivity contribution is 0.0528. The molecule has 38 heavy (non-hydrogen) atoms. The highest BCUT2D eigenvalue weighted by Crippen LogP contribution is 2.41. The molecule has 5 aromatic rings. The summed E-state index contributed by atoms with van der Waals surface area (Å²) in [6, 6.07) is 25.4. The molecule has 0 aliphatic heterocycles. The number of carbonyl (C=O) groups is 2. The van der Waals surface area contributed by atoms with Gasteiger partial charge in [0.25, 0.3) is 0 Å². The number of fused-ring (bicyclic) bond motifs is 3. The highest BCUT2D eigenvalue weighted by Gasteiger charge is 2.26. The van der Waals surface area contributed by atoms with Gasteiger partial charge in [-0.3, -0.25) is 0 Å². The van der Waals surface area contributed by atoms with Crippen molar-refractivity contribution < 1.29 is 28.2 Å². The van der Waals surface area contributed by atoms with Gasteiger partial charge in [0.1, 0.15) is 28.4 Å². The second kappa shape index (κ2) is 11.2. The fraction of sp³-hybridized carbons (Fsp3) is 0.188. The summed E-state index contributed by atoms with van der Waals surface area (Å²) in [5.74, 6) is 0.418. The van der Waals surface area contributed by atoms with Gasteiger partial charge in [-0.1, -0.05) is 67.9 Å². The van der Waals surface area contributed by atoms with Crippen LogP contribution < -0.4 is 9.47 Å². The largest absolute Gasteiger partial charge is 0.494 e. The molecule has 4 aromatic carbocycles. The van der Waals surface area contributed by atoms with Crippen molar-refractivity contribution in [1.82, 2.24) is 0 Å². The Labute approximate surface area is 220 Å². The van der Waals surface area contributed by atoms with Crippen LogP contribution in [0.4, 0.5) is 0 Å². The SMILES string of the molecule is CCCCOc1ccc(C(=O)Oc2cc3c(C(=O)OCC)c(-c4ccccc4)oc3c3ccccc23)cc1. The molecule has 0 saturated heterocycles. The molecule has 6 nitrogen and oxygen atoms in total. The number of rotatable bonds is 9. The first-order valence-corrected chi connectivity index (χ1v) is 12.8. The number of esters is 2. The molecule has 5 rings (SSSR count). The lowest BCUT2D eigenvalue weighted by atomic mass is 10.0. The molecule has 6 heteroatoms. The van der Waals surface area contributed by atoms with Crippen molar-refractivity contribution >= 4 is 33.7 Å². The third-order valence-corrected chi connectivity index (χ3v) is 6.23. The van der Waals surface area contributed by atoms with Crippen LogP contribution >= 0.6 is 0 Å². The molecule has 0 unspecified atom stereocenters. The van der Waals surface area contributed by atoms with Gasteiger partial charge < -0.3 is 18.6 Å². The average molecular weight is 509 g/mol. The van der Waals surface area contributed by atoms with E-state index in [4.69, 9.17) is 18.6 Å². The van der Waals surface area contributed by atoms with E-state index in [1.807, 2.05) is 54.6 Å². The minimum Gasteiger partial charge on any atom is -0.494 e. The molecular formula is C32H28O6. The number of carbonyl (C=O) groups excluding carboxylic acids is 2. The zero-order valence-corrected chi connectivity index (χ0v) is 21.4. The Balaban J connectivity index is 1.58. The number of hydrogen-bond donors (Lipinski definition) is 0. The third-order valence-electron chi connectivity index (χ3n) is 6.23. The second-order valence-electron chi connectivity index (χ2n) is 8.81. The van der Waals surface area contributed by atoms with E-state index >= 15 is 0 Å².